The number of nitrogens with one attached hydrogen (secondary N) is 1. The molecule has 1 aliphatic rings. The normalized spacial score (nSPS) is 17.4. The van der Waals surface area contributed by atoms with Crippen LogP contribution in [0.5, 0.6) is 0 Å². The quantitative estimate of drug-likeness (QED) is 0.879. The fourth-order valence-corrected chi connectivity index (χ4v) is 3.53. The number of amides is 1. The molecule has 1 unspecified atom stereocenters. The van der Waals surface area contributed by atoms with Crippen molar-refractivity contribution >= 4 is 33.4 Å². The van der Waals surface area contributed by atoms with Crippen LogP contribution in [-0.2, 0) is 0 Å². The highest BCUT2D eigenvalue weighted by Gasteiger charge is 2.25. The van der Waals surface area contributed by atoms with Gasteiger partial charge < -0.3 is 11.1 Å². The van der Waals surface area contributed by atoms with E-state index in [2.05, 4.69) is 21.2 Å². The van der Waals surface area contributed by atoms with E-state index in [1.54, 1.807) is 18.2 Å². The molecule has 19 heavy (non-hydrogen) atoms. The molecule has 3 nitrogen and oxygen atoms in total. The molecule has 0 aliphatic heterocycles. The predicted octanol–water partition coefficient (Wildman–Crippen LogP) is 3.35. The van der Waals surface area contributed by atoms with E-state index in [0.29, 0.717) is 23.0 Å². The molecule has 1 fully saturated rings. The van der Waals surface area contributed by atoms with Crippen LogP contribution in [0.25, 0.3) is 0 Å². The summed E-state index contributed by atoms with van der Waals surface area (Å²) in [6, 6.07) is 5.26. The van der Waals surface area contributed by atoms with Gasteiger partial charge in [0.15, 0.2) is 0 Å². The molecule has 0 saturated heterocycles. The lowest BCUT2D eigenvalue weighted by atomic mass is 9.98. The summed E-state index contributed by atoms with van der Waals surface area (Å²) in [6.07, 6.45) is 4.78. The Morgan fingerprint density at radius 2 is 2.11 bits per heavy atom. The van der Waals surface area contributed by atoms with E-state index in [1.807, 2.05) is 0 Å². The number of hydrogen-bond acceptors (Lipinski definition) is 2. The van der Waals surface area contributed by atoms with Gasteiger partial charge in [-0.05, 0) is 37.0 Å². The Bertz CT molecular complexity index is 441. The third-order valence-electron chi connectivity index (χ3n) is 3.66. The van der Waals surface area contributed by atoms with Gasteiger partial charge >= 0.3 is 0 Å². The van der Waals surface area contributed by atoms with E-state index in [1.165, 1.54) is 12.8 Å². The minimum absolute atomic E-state index is 0.0627. The molecule has 0 spiro atoms. The fraction of sp³-hybridized carbons (Fsp3) is 0.500. The molecule has 3 N–H and O–H groups in total. The number of halogens is 2. The Kier molecular flexibility index (Phi) is 5.25. The van der Waals surface area contributed by atoms with E-state index in [-0.39, 0.29) is 11.9 Å². The monoisotopic (exact) mass is 344 g/mol. The maximum Gasteiger partial charge on any atom is 0.251 e. The molecule has 1 aromatic carbocycles. The van der Waals surface area contributed by atoms with Crippen LogP contribution in [0.3, 0.4) is 0 Å². The topological polar surface area (TPSA) is 55.1 Å². The van der Waals surface area contributed by atoms with Gasteiger partial charge in [0.25, 0.3) is 5.91 Å². The third-order valence-corrected chi connectivity index (χ3v) is 4.34. The van der Waals surface area contributed by atoms with E-state index in [4.69, 9.17) is 17.3 Å². The highest BCUT2D eigenvalue weighted by Crippen LogP contribution is 2.27. The second-order valence-corrected chi connectivity index (χ2v) is 6.37. The summed E-state index contributed by atoms with van der Waals surface area (Å²) in [5.74, 6) is 0.405. The summed E-state index contributed by atoms with van der Waals surface area (Å²) in [6.45, 7) is 0.484. The predicted molar refractivity (Wildman–Crippen MR) is 81.4 cm³/mol. The summed E-state index contributed by atoms with van der Waals surface area (Å²) in [5, 5.41) is 3.58. The van der Waals surface area contributed by atoms with Crippen molar-refractivity contribution in [2.24, 2.45) is 11.7 Å². The number of benzene rings is 1. The molecule has 1 saturated carbocycles. The zero-order chi connectivity index (χ0) is 13.8. The lowest BCUT2D eigenvalue weighted by molar-refractivity contribution is 0.0924. The first-order valence-corrected chi connectivity index (χ1v) is 7.74. The first kappa shape index (κ1) is 14.8. The minimum Gasteiger partial charge on any atom is -0.348 e. The Hall–Kier alpha value is -0.580. The van der Waals surface area contributed by atoms with Crippen molar-refractivity contribution in [1.82, 2.24) is 5.32 Å². The zero-order valence-corrected chi connectivity index (χ0v) is 13.0. The molecule has 1 amide bonds. The molecule has 1 atom stereocenters. The SMILES string of the molecule is NCC(NC(=O)c1cc(Cl)cc(Br)c1)C1CCCC1. The first-order chi connectivity index (χ1) is 9.10. The lowest BCUT2D eigenvalue weighted by Gasteiger charge is -2.23. The number of nitrogens with two attached hydrogens (primary N) is 1. The van der Waals surface area contributed by atoms with Crippen LogP contribution >= 0.6 is 27.5 Å². The molecule has 0 radical (unpaired) electrons. The second-order valence-electron chi connectivity index (χ2n) is 5.02. The van der Waals surface area contributed by atoms with Crippen LogP contribution in [0.4, 0.5) is 0 Å². The summed E-state index contributed by atoms with van der Waals surface area (Å²) < 4.78 is 0.801. The number of carbonyl (C=O) groups is 1. The van der Waals surface area contributed by atoms with Crippen molar-refractivity contribution in [3.8, 4) is 0 Å². The van der Waals surface area contributed by atoms with Crippen molar-refractivity contribution in [2.75, 3.05) is 6.54 Å². The lowest BCUT2D eigenvalue weighted by Crippen LogP contribution is -2.44. The van der Waals surface area contributed by atoms with E-state index in [9.17, 15) is 4.79 Å². The summed E-state index contributed by atoms with van der Waals surface area (Å²) >= 11 is 9.30. The smallest absolute Gasteiger partial charge is 0.251 e. The van der Waals surface area contributed by atoms with Crippen molar-refractivity contribution in [1.29, 1.82) is 0 Å². The molecule has 1 aliphatic carbocycles. The van der Waals surface area contributed by atoms with Crippen LogP contribution in [0.2, 0.25) is 5.02 Å². The second kappa shape index (κ2) is 6.73. The van der Waals surface area contributed by atoms with E-state index < -0.39 is 0 Å². The Labute approximate surface area is 127 Å². The summed E-state index contributed by atoms with van der Waals surface area (Å²) in [5.41, 5.74) is 6.35. The molecular weight excluding hydrogens is 328 g/mol. The van der Waals surface area contributed by atoms with Crippen LogP contribution in [-0.4, -0.2) is 18.5 Å². The maximum absolute atomic E-state index is 12.2. The average Bonchev–Trinajstić information content (AvgIpc) is 2.88. The van der Waals surface area contributed by atoms with Crippen LogP contribution in [0.1, 0.15) is 36.0 Å². The average molecular weight is 346 g/mol. The number of rotatable bonds is 4. The van der Waals surface area contributed by atoms with Crippen molar-refractivity contribution < 1.29 is 4.79 Å². The van der Waals surface area contributed by atoms with Crippen LogP contribution in [0, 0.1) is 5.92 Å². The Balaban J connectivity index is 2.06. The van der Waals surface area contributed by atoms with Gasteiger partial charge in [0.2, 0.25) is 0 Å². The highest BCUT2D eigenvalue weighted by molar-refractivity contribution is 9.10. The Morgan fingerprint density at radius 1 is 1.42 bits per heavy atom. The number of hydrogen-bond donors (Lipinski definition) is 2. The van der Waals surface area contributed by atoms with Crippen molar-refractivity contribution in [3.05, 3.63) is 33.3 Å². The fourth-order valence-electron chi connectivity index (χ4n) is 2.67. The Morgan fingerprint density at radius 3 is 2.68 bits per heavy atom. The first-order valence-electron chi connectivity index (χ1n) is 6.57. The van der Waals surface area contributed by atoms with Gasteiger partial charge in [-0.15, -0.1) is 0 Å². The minimum atomic E-state index is -0.106. The van der Waals surface area contributed by atoms with Gasteiger partial charge in [0.05, 0.1) is 0 Å². The third kappa shape index (κ3) is 3.94. The van der Waals surface area contributed by atoms with Crippen molar-refractivity contribution in [3.63, 3.8) is 0 Å². The summed E-state index contributed by atoms with van der Waals surface area (Å²) in [7, 11) is 0. The van der Waals surface area contributed by atoms with Gasteiger partial charge in [-0.25, -0.2) is 0 Å². The van der Waals surface area contributed by atoms with Gasteiger partial charge in [-0.1, -0.05) is 40.4 Å². The molecule has 5 heteroatoms. The molecule has 2 rings (SSSR count). The van der Waals surface area contributed by atoms with Crippen molar-refractivity contribution in [2.45, 2.75) is 31.7 Å². The molecular formula is C14H18BrClN2O. The summed E-state index contributed by atoms with van der Waals surface area (Å²) in [4.78, 5) is 12.2. The number of carbonyl (C=O) groups excluding carboxylic acids is 1. The standard InChI is InChI=1S/C14H18BrClN2O/c15-11-5-10(6-12(16)7-11)14(19)18-13(8-17)9-3-1-2-4-9/h5-7,9,13H,1-4,8,17H2,(H,18,19). The van der Waals surface area contributed by atoms with Gasteiger partial charge in [-0.2, -0.15) is 0 Å². The maximum atomic E-state index is 12.2. The largest absolute Gasteiger partial charge is 0.348 e. The highest BCUT2D eigenvalue weighted by atomic mass is 79.9. The molecule has 0 heterocycles. The van der Waals surface area contributed by atoms with E-state index >= 15 is 0 Å². The zero-order valence-electron chi connectivity index (χ0n) is 10.7. The van der Waals surface area contributed by atoms with Gasteiger partial charge in [-0.3, -0.25) is 4.79 Å². The van der Waals surface area contributed by atoms with E-state index in [0.717, 1.165) is 17.3 Å². The molecule has 0 bridgehead atoms. The van der Waals surface area contributed by atoms with Gasteiger partial charge in [0, 0.05) is 27.6 Å². The van der Waals surface area contributed by atoms with Crippen LogP contribution in [0.15, 0.2) is 22.7 Å². The molecule has 0 aromatic heterocycles. The van der Waals surface area contributed by atoms with Gasteiger partial charge in [0.1, 0.15) is 0 Å². The molecule has 1 aromatic rings. The molecule has 104 valence electrons. The van der Waals surface area contributed by atoms with Crippen LogP contribution < -0.4 is 11.1 Å².